The molecule has 1 saturated carbocycles. The molecule has 3 aromatic heterocycles. The van der Waals surface area contributed by atoms with Crippen molar-refractivity contribution in [1.29, 1.82) is 0 Å². The number of rotatable bonds is 5. The number of aryl methyl sites for hydroxylation is 1. The lowest BCUT2D eigenvalue weighted by atomic mass is 9.64. The first kappa shape index (κ1) is 26.6. The van der Waals surface area contributed by atoms with Gasteiger partial charge in [0.05, 0.1) is 23.6 Å². The number of hydrogen-bond donors (Lipinski definition) is 0. The van der Waals surface area contributed by atoms with E-state index in [1.165, 1.54) is 12.8 Å². The number of fused-ring (bicyclic) bond motifs is 4. The van der Waals surface area contributed by atoms with Gasteiger partial charge in [0.15, 0.2) is 11.2 Å². The van der Waals surface area contributed by atoms with Gasteiger partial charge in [0.1, 0.15) is 17.6 Å². The van der Waals surface area contributed by atoms with E-state index in [9.17, 15) is 9.59 Å². The molecule has 5 aliphatic rings. The number of carbonyl (C=O) groups is 1. The van der Waals surface area contributed by atoms with E-state index in [1.807, 2.05) is 0 Å². The van der Waals surface area contributed by atoms with Gasteiger partial charge in [0.2, 0.25) is 17.5 Å². The molecule has 4 fully saturated rings. The Morgan fingerprint density at radius 3 is 2.57 bits per heavy atom. The lowest BCUT2D eigenvalue weighted by Gasteiger charge is -2.37. The van der Waals surface area contributed by atoms with Crippen molar-refractivity contribution >= 4 is 16.9 Å². The average molecular weight is 577 g/mol. The predicted molar refractivity (Wildman–Crippen MR) is 154 cm³/mol. The Kier molecular flexibility index (Phi) is 6.16. The third kappa shape index (κ3) is 3.68. The summed E-state index contributed by atoms with van der Waals surface area (Å²) >= 11 is 0. The lowest BCUT2D eigenvalue weighted by Crippen LogP contribution is -2.50. The van der Waals surface area contributed by atoms with Gasteiger partial charge in [-0.2, -0.15) is 4.98 Å². The molecular weight excluding hydrogens is 536 g/mol. The van der Waals surface area contributed by atoms with Crippen LogP contribution in [0.15, 0.2) is 9.32 Å². The quantitative estimate of drug-likeness (QED) is 0.446. The summed E-state index contributed by atoms with van der Waals surface area (Å²) in [4.78, 5) is 39.5. The van der Waals surface area contributed by atoms with Crippen LogP contribution in [-0.4, -0.2) is 72.9 Å². The van der Waals surface area contributed by atoms with Crippen molar-refractivity contribution in [2.75, 3.05) is 26.3 Å². The summed E-state index contributed by atoms with van der Waals surface area (Å²) in [7, 11) is 1.77. The van der Waals surface area contributed by atoms with E-state index in [0.717, 1.165) is 82.1 Å². The highest BCUT2D eigenvalue weighted by Gasteiger charge is 2.50. The topological polar surface area (TPSA) is 118 Å². The summed E-state index contributed by atoms with van der Waals surface area (Å²) in [5.74, 6) is 1.54. The zero-order valence-electron chi connectivity index (χ0n) is 24.7. The van der Waals surface area contributed by atoms with E-state index in [4.69, 9.17) is 24.0 Å². The van der Waals surface area contributed by atoms with Crippen LogP contribution in [0.25, 0.3) is 22.7 Å². The Labute approximate surface area is 244 Å². The van der Waals surface area contributed by atoms with E-state index in [0.29, 0.717) is 48.3 Å². The molecule has 0 aromatic carbocycles. The molecule has 42 heavy (non-hydrogen) atoms. The molecule has 11 nitrogen and oxygen atoms in total. The van der Waals surface area contributed by atoms with Gasteiger partial charge in [0, 0.05) is 25.6 Å². The number of nitrogens with zero attached hydrogens (tertiary/aromatic N) is 6. The van der Waals surface area contributed by atoms with Crippen LogP contribution in [0.2, 0.25) is 0 Å². The molecule has 1 spiro atoms. The lowest BCUT2D eigenvalue weighted by molar-refractivity contribution is -0.127. The number of ketones is 1. The third-order valence-corrected chi connectivity index (χ3v) is 11.2. The zero-order chi connectivity index (χ0) is 28.6. The van der Waals surface area contributed by atoms with Crippen LogP contribution in [0.1, 0.15) is 94.9 Å². The molecular formula is C31H40N6O5. The third-order valence-electron chi connectivity index (χ3n) is 11.2. The van der Waals surface area contributed by atoms with Gasteiger partial charge >= 0.3 is 5.69 Å². The van der Waals surface area contributed by atoms with E-state index >= 15 is 0 Å². The first-order valence-electron chi connectivity index (χ1n) is 15.9. The highest BCUT2D eigenvalue weighted by atomic mass is 16.5. The number of carbonyl (C=O) groups excluding carboxylic acids is 1. The summed E-state index contributed by atoms with van der Waals surface area (Å²) in [5, 5.41) is 4.54. The van der Waals surface area contributed by atoms with Gasteiger partial charge in [-0.05, 0) is 84.2 Å². The van der Waals surface area contributed by atoms with E-state index in [2.05, 4.69) is 17.0 Å². The van der Waals surface area contributed by atoms with Gasteiger partial charge in [-0.1, -0.05) is 11.6 Å². The summed E-state index contributed by atoms with van der Waals surface area (Å²) in [6, 6.07) is -0.111. The number of hydrogen-bond acceptors (Lipinski definition) is 9. The van der Waals surface area contributed by atoms with Crippen molar-refractivity contribution in [2.24, 2.45) is 7.05 Å². The normalized spacial score (nSPS) is 28.0. The maximum atomic E-state index is 13.7. The van der Waals surface area contributed by atoms with Gasteiger partial charge in [-0.15, -0.1) is 0 Å². The fourth-order valence-electron chi connectivity index (χ4n) is 8.95. The highest BCUT2D eigenvalue weighted by molar-refractivity contribution is 5.91. The van der Waals surface area contributed by atoms with Crippen molar-refractivity contribution < 1.29 is 18.8 Å². The summed E-state index contributed by atoms with van der Waals surface area (Å²) < 4.78 is 21.9. The molecule has 0 amide bonds. The second kappa shape index (κ2) is 9.74. The van der Waals surface area contributed by atoms with Crippen LogP contribution in [-0.2, 0) is 28.4 Å². The molecule has 3 aromatic rings. The Morgan fingerprint density at radius 2 is 1.81 bits per heavy atom. The molecule has 3 aliphatic heterocycles. The van der Waals surface area contributed by atoms with Crippen molar-refractivity contribution in [3.05, 3.63) is 21.7 Å². The minimum atomic E-state index is -0.560. The number of imidazole rings is 1. The second-order valence-corrected chi connectivity index (χ2v) is 13.2. The zero-order valence-corrected chi connectivity index (χ0v) is 24.7. The van der Waals surface area contributed by atoms with E-state index in [1.54, 1.807) is 16.2 Å². The largest absolute Gasteiger partial charge is 0.471 e. The summed E-state index contributed by atoms with van der Waals surface area (Å²) in [6.45, 7) is 5.41. The van der Waals surface area contributed by atoms with Crippen LogP contribution in [0, 0.1) is 0 Å². The molecule has 3 atom stereocenters. The van der Waals surface area contributed by atoms with Gasteiger partial charge in [0.25, 0.3) is 0 Å². The Hall–Kier alpha value is -3.05. The van der Waals surface area contributed by atoms with Gasteiger partial charge in [-0.25, -0.2) is 9.78 Å². The first-order chi connectivity index (χ1) is 20.4. The maximum absolute atomic E-state index is 13.7. The molecule has 11 heteroatoms. The Morgan fingerprint density at radius 1 is 1.00 bits per heavy atom. The van der Waals surface area contributed by atoms with Gasteiger partial charge < -0.3 is 14.0 Å². The number of ether oxygens (including phenoxy) is 2. The van der Waals surface area contributed by atoms with Crippen LogP contribution < -0.4 is 10.4 Å². The SMILES string of the molecule is C[C@H](Oc1nc(-c2onc3c2CCC[C@@]32CCCCC2=O)nc2c1n(C)c(=O)n2[C@@H]1CCOC1)C12CCCN1CCC2. The van der Waals surface area contributed by atoms with Gasteiger partial charge in [-0.3, -0.25) is 18.8 Å². The molecule has 8 rings (SSSR count). The molecule has 6 heterocycles. The summed E-state index contributed by atoms with van der Waals surface area (Å²) in [6.07, 6.45) is 11.0. The second-order valence-electron chi connectivity index (χ2n) is 13.2. The van der Waals surface area contributed by atoms with E-state index in [-0.39, 0.29) is 29.2 Å². The average Bonchev–Trinajstić information content (AvgIpc) is 3.80. The first-order valence-corrected chi connectivity index (χ1v) is 15.9. The molecule has 0 bridgehead atoms. The predicted octanol–water partition coefficient (Wildman–Crippen LogP) is 3.86. The van der Waals surface area contributed by atoms with Crippen molar-refractivity contribution in [2.45, 2.75) is 107 Å². The molecule has 0 radical (unpaired) electrons. The Bertz CT molecular complexity index is 1610. The van der Waals surface area contributed by atoms with Crippen molar-refractivity contribution in [3.63, 3.8) is 0 Å². The number of Topliss-reactive ketones (excluding diaryl/α,β-unsaturated/α-hetero) is 1. The minimum absolute atomic E-state index is 0.0166. The fourth-order valence-corrected chi connectivity index (χ4v) is 8.95. The standard InChI is InChI=1S/C31H40N6O5/c1-19(31-13-6-15-36(31)16-7-14-31)41-28-23-27(37(29(39)35(23)2)20-10-17-40-18-20)32-26(33-28)24-21-8-5-12-30(25(21)34-42-24)11-4-3-9-22(30)38/h19-20H,3-18H2,1-2H3/t19-,20+,30+/m0/s1. The maximum Gasteiger partial charge on any atom is 0.330 e. The van der Waals surface area contributed by atoms with Crippen LogP contribution in [0.3, 0.4) is 0 Å². The fraction of sp³-hybridized carbons (Fsp3) is 0.710. The Balaban J connectivity index is 1.29. The van der Waals surface area contributed by atoms with Crippen molar-refractivity contribution in [1.82, 2.24) is 29.2 Å². The molecule has 3 saturated heterocycles. The van der Waals surface area contributed by atoms with E-state index < -0.39 is 5.41 Å². The summed E-state index contributed by atoms with van der Waals surface area (Å²) in [5.41, 5.74) is 2.09. The molecule has 224 valence electrons. The van der Waals surface area contributed by atoms with Crippen LogP contribution in [0.4, 0.5) is 0 Å². The minimum Gasteiger partial charge on any atom is -0.471 e. The highest BCUT2D eigenvalue weighted by Crippen LogP contribution is 2.48. The number of aromatic nitrogens is 5. The van der Waals surface area contributed by atoms with Crippen LogP contribution in [0.5, 0.6) is 5.88 Å². The molecule has 0 N–H and O–H groups in total. The molecule has 2 aliphatic carbocycles. The smallest absolute Gasteiger partial charge is 0.330 e. The monoisotopic (exact) mass is 576 g/mol. The molecule has 0 unspecified atom stereocenters. The van der Waals surface area contributed by atoms with Crippen LogP contribution >= 0.6 is 0 Å². The van der Waals surface area contributed by atoms with Crippen molar-refractivity contribution in [3.8, 4) is 17.5 Å².